The van der Waals surface area contributed by atoms with Crippen LogP contribution in [0.4, 0.5) is 0 Å². The molecule has 0 aliphatic heterocycles. The third-order valence-electron chi connectivity index (χ3n) is 2.35. The van der Waals surface area contributed by atoms with Gasteiger partial charge in [0.15, 0.2) is 5.82 Å². The maximum absolute atomic E-state index is 9.71. The lowest BCUT2D eigenvalue weighted by Crippen LogP contribution is -2.22. The number of hydrogen-bond acceptors (Lipinski definition) is 5. The molecule has 0 radical (unpaired) electrons. The Morgan fingerprint density at radius 3 is 2.72 bits per heavy atom. The molecule has 0 aromatic carbocycles. The second kappa shape index (κ2) is 4.73. The van der Waals surface area contributed by atoms with Crippen LogP contribution in [0.25, 0.3) is 5.82 Å². The number of aliphatic hydroxyl groups is 1. The van der Waals surface area contributed by atoms with Crippen LogP contribution in [0.2, 0.25) is 0 Å². The molecule has 0 aliphatic rings. The van der Waals surface area contributed by atoms with Crippen molar-refractivity contribution in [1.82, 2.24) is 20.0 Å². The van der Waals surface area contributed by atoms with Gasteiger partial charge in [0, 0.05) is 6.42 Å². The molecule has 0 saturated carbocycles. The van der Waals surface area contributed by atoms with Gasteiger partial charge in [-0.05, 0) is 26.0 Å². The highest BCUT2D eigenvalue weighted by atomic mass is 16.5. The Balaban J connectivity index is 2.18. The predicted molar refractivity (Wildman–Crippen MR) is 65.7 cm³/mol. The van der Waals surface area contributed by atoms with Gasteiger partial charge in [0.25, 0.3) is 0 Å². The van der Waals surface area contributed by atoms with Crippen molar-refractivity contribution < 1.29 is 9.84 Å². The zero-order chi connectivity index (χ0) is 13.2. The standard InChI is InChI=1S/C12H16N4O2/c1-12(2,17)6-9-8-16(15-14-9)11-5-4-10(18-3)7-13-11/h4-5,7-8,17H,6H2,1-3H3. The third-order valence-corrected chi connectivity index (χ3v) is 2.35. The van der Waals surface area contributed by atoms with Gasteiger partial charge in [-0.15, -0.1) is 5.10 Å². The van der Waals surface area contributed by atoms with Crippen LogP contribution in [0.5, 0.6) is 5.75 Å². The molecule has 0 spiro atoms. The molecule has 96 valence electrons. The summed E-state index contributed by atoms with van der Waals surface area (Å²) in [7, 11) is 1.59. The van der Waals surface area contributed by atoms with Gasteiger partial charge >= 0.3 is 0 Å². The quantitative estimate of drug-likeness (QED) is 0.873. The van der Waals surface area contributed by atoms with Crippen LogP contribution in [0.15, 0.2) is 24.5 Å². The normalized spacial score (nSPS) is 11.6. The van der Waals surface area contributed by atoms with Gasteiger partial charge in [-0.3, -0.25) is 0 Å². The minimum absolute atomic E-state index is 0.448. The first-order valence-electron chi connectivity index (χ1n) is 5.62. The van der Waals surface area contributed by atoms with E-state index in [0.717, 1.165) is 5.69 Å². The summed E-state index contributed by atoms with van der Waals surface area (Å²) < 4.78 is 6.61. The first-order chi connectivity index (χ1) is 8.48. The van der Waals surface area contributed by atoms with E-state index in [1.807, 2.05) is 0 Å². The van der Waals surface area contributed by atoms with E-state index in [9.17, 15) is 5.11 Å². The number of methoxy groups -OCH3 is 1. The summed E-state index contributed by atoms with van der Waals surface area (Å²) >= 11 is 0. The van der Waals surface area contributed by atoms with Crippen LogP contribution in [-0.2, 0) is 6.42 Å². The van der Waals surface area contributed by atoms with Crippen LogP contribution < -0.4 is 4.74 Å². The maximum atomic E-state index is 9.71. The third kappa shape index (κ3) is 3.04. The van der Waals surface area contributed by atoms with Crippen molar-refractivity contribution in [3.8, 4) is 11.6 Å². The Morgan fingerprint density at radius 1 is 1.39 bits per heavy atom. The average Bonchev–Trinajstić information content (AvgIpc) is 2.75. The van der Waals surface area contributed by atoms with E-state index in [-0.39, 0.29) is 0 Å². The van der Waals surface area contributed by atoms with Gasteiger partial charge in [0.1, 0.15) is 5.75 Å². The fourth-order valence-corrected chi connectivity index (χ4v) is 1.56. The smallest absolute Gasteiger partial charge is 0.155 e. The van der Waals surface area contributed by atoms with Crippen molar-refractivity contribution >= 4 is 0 Å². The predicted octanol–water partition coefficient (Wildman–Crippen LogP) is 0.984. The van der Waals surface area contributed by atoms with Gasteiger partial charge in [0.2, 0.25) is 0 Å². The largest absolute Gasteiger partial charge is 0.495 e. The molecule has 18 heavy (non-hydrogen) atoms. The Hall–Kier alpha value is -1.95. The van der Waals surface area contributed by atoms with Crippen molar-refractivity contribution in [2.45, 2.75) is 25.9 Å². The number of nitrogens with zero attached hydrogens (tertiary/aromatic N) is 4. The molecule has 0 unspecified atom stereocenters. The molecule has 0 saturated heterocycles. The molecule has 2 heterocycles. The summed E-state index contributed by atoms with van der Waals surface area (Å²) in [5.41, 5.74) is -0.0751. The fraction of sp³-hybridized carbons (Fsp3) is 0.417. The zero-order valence-electron chi connectivity index (χ0n) is 10.7. The lowest BCUT2D eigenvalue weighted by atomic mass is 10.0. The van der Waals surface area contributed by atoms with E-state index >= 15 is 0 Å². The molecule has 2 rings (SSSR count). The molecule has 2 aromatic heterocycles. The van der Waals surface area contributed by atoms with Gasteiger partial charge < -0.3 is 9.84 Å². The number of aromatic nitrogens is 4. The number of pyridine rings is 1. The summed E-state index contributed by atoms with van der Waals surface area (Å²) in [6.45, 7) is 3.47. The minimum Gasteiger partial charge on any atom is -0.495 e. The summed E-state index contributed by atoms with van der Waals surface area (Å²) in [5.74, 6) is 1.35. The topological polar surface area (TPSA) is 73.1 Å². The molecular formula is C12H16N4O2. The molecule has 0 aliphatic carbocycles. The monoisotopic (exact) mass is 248 g/mol. The van der Waals surface area contributed by atoms with E-state index in [1.165, 1.54) is 0 Å². The molecule has 2 aromatic rings. The molecule has 6 nitrogen and oxygen atoms in total. The summed E-state index contributed by atoms with van der Waals surface area (Å²) in [6, 6.07) is 3.60. The lowest BCUT2D eigenvalue weighted by molar-refractivity contribution is 0.0799. The van der Waals surface area contributed by atoms with E-state index in [2.05, 4.69) is 15.3 Å². The van der Waals surface area contributed by atoms with Gasteiger partial charge in [0.05, 0.1) is 30.8 Å². The highest BCUT2D eigenvalue weighted by Crippen LogP contribution is 2.13. The summed E-state index contributed by atoms with van der Waals surface area (Å²) in [6.07, 6.45) is 3.82. The fourth-order valence-electron chi connectivity index (χ4n) is 1.56. The summed E-state index contributed by atoms with van der Waals surface area (Å²) in [4.78, 5) is 4.20. The first kappa shape index (κ1) is 12.5. The van der Waals surface area contributed by atoms with Crippen LogP contribution in [-0.4, -0.2) is 37.8 Å². The average molecular weight is 248 g/mol. The van der Waals surface area contributed by atoms with Crippen molar-refractivity contribution in [2.24, 2.45) is 0 Å². The highest BCUT2D eigenvalue weighted by molar-refractivity contribution is 5.27. The Bertz CT molecular complexity index is 514. The Labute approximate surface area is 105 Å². The highest BCUT2D eigenvalue weighted by Gasteiger charge is 2.16. The van der Waals surface area contributed by atoms with Crippen molar-refractivity contribution in [3.05, 3.63) is 30.2 Å². The van der Waals surface area contributed by atoms with Gasteiger partial charge in [-0.25, -0.2) is 9.67 Å². The minimum atomic E-state index is -0.797. The van der Waals surface area contributed by atoms with Crippen molar-refractivity contribution in [2.75, 3.05) is 7.11 Å². The van der Waals surface area contributed by atoms with E-state index in [4.69, 9.17) is 4.74 Å². The molecule has 0 amide bonds. The number of hydrogen-bond donors (Lipinski definition) is 1. The number of ether oxygens (including phenoxy) is 1. The second-order valence-corrected chi connectivity index (χ2v) is 4.70. The van der Waals surface area contributed by atoms with Gasteiger partial charge in [-0.2, -0.15) is 0 Å². The lowest BCUT2D eigenvalue weighted by Gasteiger charge is -2.13. The van der Waals surface area contributed by atoms with Crippen LogP contribution in [0, 0.1) is 0 Å². The van der Waals surface area contributed by atoms with Crippen LogP contribution in [0.1, 0.15) is 19.5 Å². The van der Waals surface area contributed by atoms with E-state index < -0.39 is 5.60 Å². The zero-order valence-corrected chi connectivity index (χ0v) is 10.7. The van der Waals surface area contributed by atoms with Crippen molar-refractivity contribution in [1.29, 1.82) is 0 Å². The second-order valence-electron chi connectivity index (χ2n) is 4.70. The molecule has 0 fully saturated rings. The molecule has 0 bridgehead atoms. The SMILES string of the molecule is COc1ccc(-n2cc(CC(C)(C)O)nn2)nc1. The van der Waals surface area contributed by atoms with Crippen molar-refractivity contribution in [3.63, 3.8) is 0 Å². The molecular weight excluding hydrogens is 232 g/mol. The Kier molecular flexibility index (Phi) is 3.29. The molecule has 6 heteroatoms. The van der Waals surface area contributed by atoms with Crippen LogP contribution in [0.3, 0.4) is 0 Å². The van der Waals surface area contributed by atoms with Gasteiger partial charge in [-0.1, -0.05) is 5.21 Å². The maximum Gasteiger partial charge on any atom is 0.155 e. The Morgan fingerprint density at radius 2 is 2.17 bits per heavy atom. The van der Waals surface area contributed by atoms with Crippen LogP contribution >= 0.6 is 0 Å². The molecule has 1 N–H and O–H groups in total. The van der Waals surface area contributed by atoms with E-state index in [0.29, 0.717) is 18.0 Å². The number of rotatable bonds is 4. The summed E-state index contributed by atoms with van der Waals surface area (Å²) in [5, 5.41) is 17.7. The van der Waals surface area contributed by atoms with E-state index in [1.54, 1.807) is 50.2 Å². The first-order valence-corrected chi connectivity index (χ1v) is 5.62. The molecule has 0 atom stereocenters.